The highest BCUT2D eigenvalue weighted by molar-refractivity contribution is 6.30. The van der Waals surface area contributed by atoms with Crippen LogP contribution in [0.25, 0.3) is 0 Å². The molecule has 100 valence electrons. The van der Waals surface area contributed by atoms with Gasteiger partial charge in [-0.1, -0.05) is 18.5 Å². The second-order valence-corrected chi connectivity index (χ2v) is 4.92. The molecule has 0 saturated carbocycles. The number of benzene rings is 1. The van der Waals surface area contributed by atoms with E-state index in [1.807, 2.05) is 26.8 Å². The molecule has 0 aliphatic heterocycles. The molecule has 0 aliphatic carbocycles. The van der Waals surface area contributed by atoms with Crippen LogP contribution in [-0.4, -0.2) is 18.1 Å². The molecule has 0 aliphatic rings. The van der Waals surface area contributed by atoms with Gasteiger partial charge in [-0.25, -0.2) is 0 Å². The summed E-state index contributed by atoms with van der Waals surface area (Å²) in [4.78, 5) is 11.8. The van der Waals surface area contributed by atoms with Gasteiger partial charge in [0.15, 0.2) is 6.10 Å². The second kappa shape index (κ2) is 6.64. The first kappa shape index (κ1) is 14.8. The quantitative estimate of drug-likeness (QED) is 0.890. The third kappa shape index (κ3) is 4.22. The number of hydrogen-bond donors (Lipinski definition) is 1. The molecule has 1 rings (SSSR count). The van der Waals surface area contributed by atoms with Gasteiger partial charge in [-0.05, 0) is 51.0 Å². The Labute approximate surface area is 113 Å². The van der Waals surface area contributed by atoms with Crippen molar-refractivity contribution in [2.75, 3.05) is 0 Å². The van der Waals surface area contributed by atoms with Crippen LogP contribution in [0.2, 0.25) is 5.02 Å². The van der Waals surface area contributed by atoms with Crippen LogP contribution in [0.15, 0.2) is 18.2 Å². The van der Waals surface area contributed by atoms with Gasteiger partial charge in [0.1, 0.15) is 5.75 Å². The van der Waals surface area contributed by atoms with Crippen molar-refractivity contribution in [2.24, 2.45) is 0 Å². The fourth-order valence-electron chi connectivity index (χ4n) is 1.45. The standard InChI is InChI=1S/C14H20ClNO2/c1-5-10(3)16-14(17)11(4)18-13-7-6-12(15)8-9(13)2/h6-8,10-11H,5H2,1-4H3,(H,16,17). The van der Waals surface area contributed by atoms with Crippen LogP contribution in [0.3, 0.4) is 0 Å². The summed E-state index contributed by atoms with van der Waals surface area (Å²) in [6.07, 6.45) is 0.386. The fourth-order valence-corrected chi connectivity index (χ4v) is 1.68. The van der Waals surface area contributed by atoms with Crippen molar-refractivity contribution in [2.45, 2.75) is 46.3 Å². The Balaban J connectivity index is 2.63. The molecule has 1 aromatic rings. The van der Waals surface area contributed by atoms with Gasteiger partial charge in [0.05, 0.1) is 0 Å². The number of ether oxygens (including phenoxy) is 1. The average Bonchev–Trinajstić information content (AvgIpc) is 2.32. The zero-order chi connectivity index (χ0) is 13.7. The number of amides is 1. The maximum atomic E-state index is 11.8. The molecule has 0 spiro atoms. The van der Waals surface area contributed by atoms with Crippen molar-refractivity contribution in [3.8, 4) is 5.75 Å². The summed E-state index contributed by atoms with van der Waals surface area (Å²) in [7, 11) is 0. The van der Waals surface area contributed by atoms with E-state index in [4.69, 9.17) is 16.3 Å². The van der Waals surface area contributed by atoms with E-state index in [1.165, 1.54) is 0 Å². The Hall–Kier alpha value is -1.22. The highest BCUT2D eigenvalue weighted by Gasteiger charge is 2.16. The van der Waals surface area contributed by atoms with Gasteiger partial charge in [-0.2, -0.15) is 0 Å². The molecule has 1 aromatic carbocycles. The molecule has 1 amide bonds. The van der Waals surface area contributed by atoms with Crippen LogP contribution < -0.4 is 10.1 Å². The smallest absolute Gasteiger partial charge is 0.260 e. The number of carbonyl (C=O) groups is 1. The molecule has 18 heavy (non-hydrogen) atoms. The lowest BCUT2D eigenvalue weighted by Gasteiger charge is -2.18. The minimum Gasteiger partial charge on any atom is -0.481 e. The van der Waals surface area contributed by atoms with Gasteiger partial charge >= 0.3 is 0 Å². The molecule has 1 N–H and O–H groups in total. The third-order valence-corrected chi connectivity index (χ3v) is 3.05. The Kier molecular flexibility index (Phi) is 5.48. The summed E-state index contributed by atoms with van der Waals surface area (Å²) in [6, 6.07) is 5.51. The van der Waals surface area contributed by atoms with Crippen LogP contribution in [0.4, 0.5) is 0 Å². The summed E-state index contributed by atoms with van der Waals surface area (Å²) >= 11 is 5.87. The number of nitrogens with one attached hydrogen (secondary N) is 1. The molecule has 2 unspecified atom stereocenters. The van der Waals surface area contributed by atoms with Crippen LogP contribution in [0.5, 0.6) is 5.75 Å². The summed E-state index contributed by atoms with van der Waals surface area (Å²) in [6.45, 7) is 7.64. The first-order valence-electron chi connectivity index (χ1n) is 6.17. The largest absolute Gasteiger partial charge is 0.481 e. The number of halogens is 1. The summed E-state index contributed by atoms with van der Waals surface area (Å²) < 4.78 is 5.64. The normalized spacial score (nSPS) is 13.8. The molecule has 0 fully saturated rings. The highest BCUT2D eigenvalue weighted by atomic mass is 35.5. The number of rotatable bonds is 5. The molecule has 0 bridgehead atoms. The first-order chi connectivity index (χ1) is 8.43. The molecule has 2 atom stereocenters. The second-order valence-electron chi connectivity index (χ2n) is 4.49. The van der Waals surface area contributed by atoms with Crippen LogP contribution >= 0.6 is 11.6 Å². The fraction of sp³-hybridized carbons (Fsp3) is 0.500. The van der Waals surface area contributed by atoms with E-state index >= 15 is 0 Å². The van der Waals surface area contributed by atoms with Crippen LogP contribution in [0.1, 0.15) is 32.8 Å². The van der Waals surface area contributed by atoms with E-state index in [-0.39, 0.29) is 11.9 Å². The van der Waals surface area contributed by atoms with Gasteiger partial charge in [0.25, 0.3) is 5.91 Å². The van der Waals surface area contributed by atoms with E-state index in [9.17, 15) is 4.79 Å². The van der Waals surface area contributed by atoms with E-state index in [1.54, 1.807) is 19.1 Å². The lowest BCUT2D eigenvalue weighted by molar-refractivity contribution is -0.127. The predicted octanol–water partition coefficient (Wildman–Crippen LogP) is 3.33. The Morgan fingerprint density at radius 3 is 2.67 bits per heavy atom. The highest BCUT2D eigenvalue weighted by Crippen LogP contribution is 2.22. The monoisotopic (exact) mass is 269 g/mol. The van der Waals surface area contributed by atoms with E-state index in [0.29, 0.717) is 10.8 Å². The van der Waals surface area contributed by atoms with Gasteiger partial charge < -0.3 is 10.1 Å². The molecule has 0 radical (unpaired) electrons. The van der Waals surface area contributed by atoms with Gasteiger partial charge in [0, 0.05) is 11.1 Å². The lowest BCUT2D eigenvalue weighted by Crippen LogP contribution is -2.41. The minimum atomic E-state index is -0.515. The van der Waals surface area contributed by atoms with Gasteiger partial charge in [0.2, 0.25) is 0 Å². The van der Waals surface area contributed by atoms with Crippen molar-refractivity contribution in [1.29, 1.82) is 0 Å². The number of aryl methyl sites for hydroxylation is 1. The molecule has 0 aromatic heterocycles. The van der Waals surface area contributed by atoms with Crippen molar-refractivity contribution < 1.29 is 9.53 Å². The zero-order valence-corrected chi connectivity index (χ0v) is 12.0. The maximum Gasteiger partial charge on any atom is 0.260 e. The maximum absolute atomic E-state index is 11.8. The topological polar surface area (TPSA) is 38.3 Å². The van der Waals surface area contributed by atoms with Crippen molar-refractivity contribution in [1.82, 2.24) is 5.32 Å². The predicted molar refractivity (Wildman–Crippen MR) is 74.2 cm³/mol. The van der Waals surface area contributed by atoms with Crippen molar-refractivity contribution >= 4 is 17.5 Å². The van der Waals surface area contributed by atoms with E-state index in [2.05, 4.69) is 5.32 Å². The van der Waals surface area contributed by atoms with Crippen LogP contribution in [0, 0.1) is 6.92 Å². The van der Waals surface area contributed by atoms with Crippen molar-refractivity contribution in [3.05, 3.63) is 28.8 Å². The summed E-state index contributed by atoms with van der Waals surface area (Å²) in [5.41, 5.74) is 0.922. The molecule has 3 nitrogen and oxygen atoms in total. The molecular formula is C14H20ClNO2. The molecule has 0 saturated heterocycles. The molecule has 0 heterocycles. The Morgan fingerprint density at radius 2 is 2.11 bits per heavy atom. The van der Waals surface area contributed by atoms with Crippen LogP contribution in [-0.2, 0) is 4.79 Å². The number of hydrogen-bond acceptors (Lipinski definition) is 2. The summed E-state index contributed by atoms with van der Waals surface area (Å²) in [5.74, 6) is 0.588. The Bertz CT molecular complexity index is 420. The van der Waals surface area contributed by atoms with Crippen molar-refractivity contribution in [3.63, 3.8) is 0 Å². The number of carbonyl (C=O) groups excluding carboxylic acids is 1. The van der Waals surface area contributed by atoms with E-state index < -0.39 is 6.10 Å². The van der Waals surface area contributed by atoms with Gasteiger partial charge in [-0.3, -0.25) is 4.79 Å². The van der Waals surface area contributed by atoms with E-state index in [0.717, 1.165) is 12.0 Å². The SMILES string of the molecule is CCC(C)NC(=O)C(C)Oc1ccc(Cl)cc1C. The average molecular weight is 270 g/mol. The summed E-state index contributed by atoms with van der Waals surface area (Å²) in [5, 5.41) is 3.55. The minimum absolute atomic E-state index is 0.0984. The van der Waals surface area contributed by atoms with Gasteiger partial charge in [-0.15, -0.1) is 0 Å². The molecular weight excluding hydrogens is 250 g/mol. The Morgan fingerprint density at radius 1 is 1.44 bits per heavy atom. The third-order valence-electron chi connectivity index (χ3n) is 2.81. The molecule has 4 heteroatoms. The lowest BCUT2D eigenvalue weighted by atomic mass is 10.2. The first-order valence-corrected chi connectivity index (χ1v) is 6.55. The zero-order valence-electron chi connectivity index (χ0n) is 11.3.